The molecule has 3 aliphatic heterocycles. The van der Waals surface area contributed by atoms with E-state index in [4.69, 9.17) is 0 Å². The van der Waals surface area contributed by atoms with E-state index in [2.05, 4.69) is 35.9 Å². The van der Waals surface area contributed by atoms with E-state index in [0.29, 0.717) is 11.6 Å². The van der Waals surface area contributed by atoms with Crippen molar-refractivity contribution in [3.63, 3.8) is 0 Å². The van der Waals surface area contributed by atoms with Gasteiger partial charge in [-0.3, -0.25) is 9.80 Å². The van der Waals surface area contributed by atoms with Crippen molar-refractivity contribution in [3.05, 3.63) is 0 Å². The van der Waals surface area contributed by atoms with Crippen molar-refractivity contribution in [2.45, 2.75) is 83.0 Å². The summed E-state index contributed by atoms with van der Waals surface area (Å²) in [5.74, 6) is 0. The lowest BCUT2D eigenvalue weighted by Gasteiger charge is -2.50. The summed E-state index contributed by atoms with van der Waals surface area (Å²) in [6.07, 6.45) is 8.23. The molecule has 0 aromatic carbocycles. The average Bonchev–Trinajstić information content (AvgIpc) is 2.92. The molecule has 3 unspecified atom stereocenters. The third-order valence-electron chi connectivity index (χ3n) is 6.42. The van der Waals surface area contributed by atoms with Crippen LogP contribution in [0.3, 0.4) is 0 Å². The Morgan fingerprint density at radius 2 is 1.85 bits per heavy atom. The molecule has 0 aromatic heterocycles. The second-order valence-corrected chi connectivity index (χ2v) is 7.34. The molecule has 3 heterocycles. The Hall–Kier alpha value is -0.120. The quantitative estimate of drug-likeness (QED) is 0.856. The summed E-state index contributed by atoms with van der Waals surface area (Å²) in [4.78, 5) is 5.65. The van der Waals surface area contributed by atoms with Crippen molar-refractivity contribution in [3.8, 4) is 0 Å². The predicted molar refractivity (Wildman–Crippen MR) is 85.1 cm³/mol. The number of rotatable bonds is 3. The Balaban J connectivity index is 1.74. The van der Waals surface area contributed by atoms with Crippen LogP contribution in [0.25, 0.3) is 0 Å². The highest BCUT2D eigenvalue weighted by Gasteiger charge is 2.44. The van der Waals surface area contributed by atoms with E-state index in [-0.39, 0.29) is 0 Å². The number of piperazine rings is 1. The lowest BCUT2D eigenvalue weighted by Crippen LogP contribution is -2.66. The molecule has 0 aromatic rings. The van der Waals surface area contributed by atoms with E-state index in [1.807, 2.05) is 0 Å². The number of piperidine rings is 1. The van der Waals surface area contributed by atoms with Crippen LogP contribution < -0.4 is 5.32 Å². The van der Waals surface area contributed by atoms with Crippen LogP contribution in [-0.4, -0.2) is 59.6 Å². The number of nitrogens with zero attached hydrogens (tertiary/aromatic N) is 2. The molecule has 20 heavy (non-hydrogen) atoms. The molecule has 1 N–H and O–H groups in total. The van der Waals surface area contributed by atoms with Gasteiger partial charge in [-0.1, -0.05) is 20.3 Å². The molecule has 0 saturated carbocycles. The fraction of sp³-hybridized carbons (Fsp3) is 1.00. The van der Waals surface area contributed by atoms with Gasteiger partial charge in [0.25, 0.3) is 0 Å². The molecular formula is C17H33N3. The minimum Gasteiger partial charge on any atom is -0.308 e. The molecule has 0 aliphatic carbocycles. The van der Waals surface area contributed by atoms with Gasteiger partial charge in [-0.05, 0) is 45.6 Å². The molecule has 3 nitrogen and oxygen atoms in total. The van der Waals surface area contributed by atoms with Crippen LogP contribution in [0.4, 0.5) is 0 Å². The number of fused-ring (bicyclic) bond motifs is 1. The van der Waals surface area contributed by atoms with Crippen molar-refractivity contribution in [1.29, 1.82) is 0 Å². The summed E-state index contributed by atoms with van der Waals surface area (Å²) in [6, 6.07) is 2.38. The maximum Gasteiger partial charge on any atom is 0.0304 e. The van der Waals surface area contributed by atoms with Gasteiger partial charge in [0.05, 0.1) is 0 Å². The molecule has 3 rings (SSSR count). The van der Waals surface area contributed by atoms with E-state index in [1.165, 1.54) is 64.7 Å². The highest BCUT2D eigenvalue weighted by atomic mass is 15.3. The predicted octanol–water partition coefficient (Wildman–Crippen LogP) is 2.47. The van der Waals surface area contributed by atoms with Crippen molar-refractivity contribution < 1.29 is 0 Å². The third-order valence-corrected chi connectivity index (χ3v) is 6.42. The molecule has 3 atom stereocenters. The van der Waals surface area contributed by atoms with E-state index in [1.54, 1.807) is 0 Å². The van der Waals surface area contributed by atoms with Gasteiger partial charge in [0.15, 0.2) is 0 Å². The molecular weight excluding hydrogens is 246 g/mol. The van der Waals surface area contributed by atoms with Crippen LogP contribution in [0.15, 0.2) is 0 Å². The van der Waals surface area contributed by atoms with Crippen molar-refractivity contribution in [2.24, 2.45) is 0 Å². The Bertz CT molecular complexity index is 326. The monoisotopic (exact) mass is 279 g/mol. The summed E-state index contributed by atoms with van der Waals surface area (Å²) in [5, 5.41) is 3.85. The highest BCUT2D eigenvalue weighted by Crippen LogP contribution is 2.34. The molecule has 116 valence electrons. The van der Waals surface area contributed by atoms with Crippen LogP contribution in [0.2, 0.25) is 0 Å². The Labute approximate surface area is 125 Å². The Kier molecular flexibility index (Phi) is 4.40. The maximum atomic E-state index is 3.85. The van der Waals surface area contributed by atoms with Crippen molar-refractivity contribution >= 4 is 0 Å². The van der Waals surface area contributed by atoms with Gasteiger partial charge in [-0.25, -0.2) is 0 Å². The van der Waals surface area contributed by atoms with Crippen LogP contribution in [0.5, 0.6) is 0 Å². The van der Waals surface area contributed by atoms with Gasteiger partial charge >= 0.3 is 0 Å². The number of hydrogen-bond acceptors (Lipinski definition) is 3. The van der Waals surface area contributed by atoms with Gasteiger partial charge in [0.1, 0.15) is 0 Å². The molecule has 0 bridgehead atoms. The standard InChI is InChI=1S/C17H33N3/c1-4-17(5-2)13-20(14(3)12-18-17)16-9-11-19-10-7-6-8-15(16)19/h14-16,18H,4-13H2,1-3H3. The molecule has 3 aliphatic rings. The lowest BCUT2D eigenvalue weighted by atomic mass is 9.86. The first-order chi connectivity index (χ1) is 9.69. The molecule has 3 heteroatoms. The lowest BCUT2D eigenvalue weighted by molar-refractivity contribution is 0.0227. The third kappa shape index (κ3) is 2.53. The molecule has 0 radical (unpaired) electrons. The minimum atomic E-state index is 0.370. The summed E-state index contributed by atoms with van der Waals surface area (Å²) in [7, 11) is 0. The van der Waals surface area contributed by atoms with E-state index in [9.17, 15) is 0 Å². The van der Waals surface area contributed by atoms with Gasteiger partial charge in [-0.2, -0.15) is 0 Å². The van der Waals surface area contributed by atoms with Gasteiger partial charge in [0.2, 0.25) is 0 Å². The van der Waals surface area contributed by atoms with Crippen LogP contribution in [0, 0.1) is 0 Å². The molecule has 3 fully saturated rings. The second-order valence-electron chi connectivity index (χ2n) is 7.34. The Morgan fingerprint density at radius 3 is 2.60 bits per heavy atom. The van der Waals surface area contributed by atoms with Gasteiger partial charge in [-0.15, -0.1) is 0 Å². The topological polar surface area (TPSA) is 18.5 Å². The van der Waals surface area contributed by atoms with Crippen molar-refractivity contribution in [1.82, 2.24) is 15.1 Å². The van der Waals surface area contributed by atoms with Gasteiger partial charge < -0.3 is 5.32 Å². The van der Waals surface area contributed by atoms with Gasteiger partial charge in [0, 0.05) is 43.3 Å². The fourth-order valence-electron chi connectivity index (χ4n) is 4.82. The van der Waals surface area contributed by atoms with Crippen molar-refractivity contribution in [2.75, 3.05) is 26.2 Å². The number of nitrogens with one attached hydrogen (secondary N) is 1. The largest absolute Gasteiger partial charge is 0.308 e. The molecule has 0 amide bonds. The normalized spacial score (nSPS) is 38.9. The first-order valence-corrected chi connectivity index (χ1v) is 8.94. The molecule has 3 saturated heterocycles. The zero-order chi connectivity index (χ0) is 14.2. The number of hydrogen-bond donors (Lipinski definition) is 1. The second kappa shape index (κ2) is 5.94. The van der Waals surface area contributed by atoms with Crippen LogP contribution >= 0.6 is 0 Å². The fourth-order valence-corrected chi connectivity index (χ4v) is 4.82. The molecule has 0 spiro atoms. The smallest absolute Gasteiger partial charge is 0.0304 e. The van der Waals surface area contributed by atoms with E-state index < -0.39 is 0 Å². The van der Waals surface area contributed by atoms with E-state index >= 15 is 0 Å². The summed E-state index contributed by atoms with van der Waals surface area (Å²) in [6.45, 7) is 12.3. The first kappa shape index (κ1) is 14.8. The first-order valence-electron chi connectivity index (χ1n) is 8.94. The van der Waals surface area contributed by atoms with Crippen LogP contribution in [0.1, 0.15) is 59.3 Å². The SMILES string of the molecule is CCC1(CC)CN(C2CCN3CCCCC23)C(C)CN1. The Morgan fingerprint density at radius 1 is 1.05 bits per heavy atom. The maximum absolute atomic E-state index is 3.85. The zero-order valence-electron chi connectivity index (χ0n) is 13.7. The highest BCUT2D eigenvalue weighted by molar-refractivity contribution is 5.03. The summed E-state index contributed by atoms with van der Waals surface area (Å²) < 4.78 is 0. The van der Waals surface area contributed by atoms with Crippen LogP contribution in [-0.2, 0) is 0 Å². The summed E-state index contributed by atoms with van der Waals surface area (Å²) in [5.41, 5.74) is 0.370. The minimum absolute atomic E-state index is 0.370. The van der Waals surface area contributed by atoms with E-state index in [0.717, 1.165) is 12.1 Å². The average molecular weight is 279 g/mol. The summed E-state index contributed by atoms with van der Waals surface area (Å²) >= 11 is 0. The zero-order valence-corrected chi connectivity index (χ0v) is 13.7.